The zero-order chi connectivity index (χ0) is 9.84. The minimum atomic E-state index is -0.273. The van der Waals surface area contributed by atoms with Gasteiger partial charge < -0.3 is 14.4 Å². The van der Waals surface area contributed by atoms with Gasteiger partial charge in [-0.05, 0) is 12.1 Å². The summed E-state index contributed by atoms with van der Waals surface area (Å²) in [7, 11) is 3.17. The molecule has 4 heteroatoms. The number of aliphatic hydroxyl groups is 1. The molecule has 0 aliphatic rings. The molecule has 0 spiro atoms. The van der Waals surface area contributed by atoms with E-state index in [2.05, 4.69) is 4.74 Å². The predicted molar refractivity (Wildman–Crippen MR) is 47.1 cm³/mol. The summed E-state index contributed by atoms with van der Waals surface area (Å²) in [5.74, 6) is -0.273. The molecule has 1 aromatic rings. The second-order valence-corrected chi connectivity index (χ2v) is 2.79. The monoisotopic (exact) mass is 183 g/mol. The van der Waals surface area contributed by atoms with Crippen LogP contribution in [0.25, 0.3) is 0 Å². The van der Waals surface area contributed by atoms with Crippen LogP contribution in [0, 0.1) is 0 Å². The highest BCUT2D eigenvalue weighted by Crippen LogP contribution is 2.08. The predicted octanol–water partition coefficient (Wildman–Crippen LogP) is 0.233. The van der Waals surface area contributed by atoms with E-state index in [0.717, 1.165) is 11.4 Å². The summed E-state index contributed by atoms with van der Waals surface area (Å²) in [4.78, 5) is 10.9. The second-order valence-electron chi connectivity index (χ2n) is 2.79. The fraction of sp³-hybridized carbons (Fsp3) is 0.444. The van der Waals surface area contributed by atoms with Crippen molar-refractivity contribution < 1.29 is 14.6 Å². The molecule has 1 N–H and O–H groups in total. The van der Waals surface area contributed by atoms with Crippen LogP contribution < -0.4 is 0 Å². The van der Waals surface area contributed by atoms with E-state index >= 15 is 0 Å². The van der Waals surface area contributed by atoms with Crippen LogP contribution in [-0.4, -0.2) is 22.8 Å². The Balaban J connectivity index is 2.78. The zero-order valence-electron chi connectivity index (χ0n) is 7.78. The van der Waals surface area contributed by atoms with Gasteiger partial charge in [-0.3, -0.25) is 4.79 Å². The molecule has 0 amide bonds. The lowest BCUT2D eigenvalue weighted by molar-refractivity contribution is -0.139. The largest absolute Gasteiger partial charge is 0.469 e. The standard InChI is InChI=1S/C9H13NO3/c1-10-7(5-9(12)13-2)3-4-8(10)6-11/h3-4,11H,5-6H2,1-2H3. The van der Waals surface area contributed by atoms with Crippen LogP contribution in [0.2, 0.25) is 0 Å². The van der Waals surface area contributed by atoms with E-state index in [1.54, 1.807) is 10.6 Å². The van der Waals surface area contributed by atoms with Gasteiger partial charge in [0.1, 0.15) is 0 Å². The van der Waals surface area contributed by atoms with Crippen LogP contribution in [0.5, 0.6) is 0 Å². The first kappa shape index (κ1) is 9.80. The summed E-state index contributed by atoms with van der Waals surface area (Å²) in [5.41, 5.74) is 1.63. The summed E-state index contributed by atoms with van der Waals surface area (Å²) in [5, 5.41) is 8.89. The van der Waals surface area contributed by atoms with Crippen molar-refractivity contribution in [2.45, 2.75) is 13.0 Å². The number of aliphatic hydroxyl groups excluding tert-OH is 1. The number of ether oxygens (including phenoxy) is 1. The SMILES string of the molecule is COC(=O)Cc1ccc(CO)n1C. The van der Waals surface area contributed by atoms with Gasteiger partial charge in [-0.15, -0.1) is 0 Å². The summed E-state index contributed by atoms with van der Waals surface area (Å²) in [6.07, 6.45) is 0.243. The van der Waals surface area contributed by atoms with E-state index in [1.165, 1.54) is 7.11 Å². The number of aromatic nitrogens is 1. The molecule has 0 saturated heterocycles. The van der Waals surface area contributed by atoms with Gasteiger partial charge in [0, 0.05) is 18.4 Å². The second kappa shape index (κ2) is 4.09. The molecular formula is C9H13NO3. The molecule has 0 saturated carbocycles. The maximum Gasteiger partial charge on any atom is 0.311 e. The van der Waals surface area contributed by atoms with Crippen molar-refractivity contribution in [2.24, 2.45) is 7.05 Å². The molecule has 0 radical (unpaired) electrons. The Morgan fingerprint density at radius 2 is 2.15 bits per heavy atom. The van der Waals surface area contributed by atoms with Gasteiger partial charge in [-0.25, -0.2) is 0 Å². The van der Waals surface area contributed by atoms with Gasteiger partial charge in [-0.2, -0.15) is 0 Å². The van der Waals surface area contributed by atoms with E-state index < -0.39 is 0 Å². The highest BCUT2D eigenvalue weighted by molar-refractivity contribution is 5.71. The minimum Gasteiger partial charge on any atom is -0.469 e. The van der Waals surface area contributed by atoms with Crippen LogP contribution in [0.4, 0.5) is 0 Å². The number of rotatable bonds is 3. The van der Waals surface area contributed by atoms with E-state index in [9.17, 15) is 4.79 Å². The van der Waals surface area contributed by atoms with E-state index in [4.69, 9.17) is 5.11 Å². The maximum atomic E-state index is 10.9. The molecule has 1 rings (SSSR count). The lowest BCUT2D eigenvalue weighted by Crippen LogP contribution is -2.09. The number of nitrogens with zero attached hydrogens (tertiary/aromatic N) is 1. The van der Waals surface area contributed by atoms with Crippen LogP contribution in [0.1, 0.15) is 11.4 Å². The van der Waals surface area contributed by atoms with Gasteiger partial charge >= 0.3 is 5.97 Å². The van der Waals surface area contributed by atoms with Crippen molar-refractivity contribution in [3.8, 4) is 0 Å². The molecule has 0 aromatic carbocycles. The molecule has 0 aliphatic carbocycles. The van der Waals surface area contributed by atoms with E-state index in [1.807, 2.05) is 13.1 Å². The highest BCUT2D eigenvalue weighted by atomic mass is 16.5. The quantitative estimate of drug-likeness (QED) is 0.682. The first-order valence-corrected chi connectivity index (χ1v) is 4.00. The number of carbonyl (C=O) groups excluding carboxylic acids is 1. The molecule has 1 heterocycles. The lowest BCUT2D eigenvalue weighted by atomic mass is 10.3. The van der Waals surface area contributed by atoms with Gasteiger partial charge in [0.2, 0.25) is 0 Å². The van der Waals surface area contributed by atoms with Crippen molar-refractivity contribution in [3.05, 3.63) is 23.5 Å². The first-order valence-electron chi connectivity index (χ1n) is 4.00. The Labute approximate surface area is 76.7 Å². The minimum absolute atomic E-state index is 0.0162. The summed E-state index contributed by atoms with van der Waals surface area (Å²) in [6.45, 7) is -0.0162. The topological polar surface area (TPSA) is 51.5 Å². The Morgan fingerprint density at radius 3 is 2.62 bits per heavy atom. The summed E-state index contributed by atoms with van der Waals surface area (Å²) < 4.78 is 6.33. The zero-order valence-corrected chi connectivity index (χ0v) is 7.78. The third-order valence-electron chi connectivity index (χ3n) is 2.04. The van der Waals surface area contributed by atoms with Crippen molar-refractivity contribution in [1.82, 2.24) is 4.57 Å². The average molecular weight is 183 g/mol. The van der Waals surface area contributed by atoms with E-state index in [-0.39, 0.29) is 19.0 Å². The molecule has 13 heavy (non-hydrogen) atoms. The Bertz CT molecular complexity index is 304. The van der Waals surface area contributed by atoms with Crippen LogP contribution in [-0.2, 0) is 29.6 Å². The molecule has 0 unspecified atom stereocenters. The third-order valence-corrected chi connectivity index (χ3v) is 2.04. The van der Waals surface area contributed by atoms with E-state index in [0.29, 0.717) is 0 Å². The van der Waals surface area contributed by atoms with Crippen LogP contribution in [0.15, 0.2) is 12.1 Å². The maximum absolute atomic E-state index is 10.9. The van der Waals surface area contributed by atoms with Gasteiger partial charge in [0.25, 0.3) is 0 Å². The number of hydrogen-bond acceptors (Lipinski definition) is 3. The van der Waals surface area contributed by atoms with Crippen molar-refractivity contribution >= 4 is 5.97 Å². The summed E-state index contributed by atoms with van der Waals surface area (Å²) in [6, 6.07) is 3.60. The fourth-order valence-corrected chi connectivity index (χ4v) is 1.16. The highest BCUT2D eigenvalue weighted by Gasteiger charge is 2.08. The summed E-state index contributed by atoms with van der Waals surface area (Å²) >= 11 is 0. The lowest BCUT2D eigenvalue weighted by Gasteiger charge is -2.04. The molecule has 4 nitrogen and oxygen atoms in total. The molecule has 72 valence electrons. The van der Waals surface area contributed by atoms with Gasteiger partial charge in [-0.1, -0.05) is 0 Å². The van der Waals surface area contributed by atoms with Gasteiger partial charge in [0.15, 0.2) is 0 Å². The normalized spacial score (nSPS) is 10.1. The number of carbonyl (C=O) groups is 1. The van der Waals surface area contributed by atoms with Gasteiger partial charge in [0.05, 0.1) is 20.1 Å². The number of esters is 1. The molecule has 0 aliphatic heterocycles. The van der Waals surface area contributed by atoms with Crippen molar-refractivity contribution in [2.75, 3.05) is 7.11 Å². The molecule has 0 bridgehead atoms. The Hall–Kier alpha value is -1.29. The Morgan fingerprint density at radius 1 is 1.54 bits per heavy atom. The van der Waals surface area contributed by atoms with Crippen LogP contribution in [0.3, 0.4) is 0 Å². The van der Waals surface area contributed by atoms with Crippen molar-refractivity contribution in [3.63, 3.8) is 0 Å². The number of hydrogen-bond donors (Lipinski definition) is 1. The third kappa shape index (κ3) is 2.09. The average Bonchev–Trinajstić information content (AvgIpc) is 2.48. The number of methoxy groups -OCH3 is 1. The molecule has 0 fully saturated rings. The first-order chi connectivity index (χ1) is 6.19. The molecule has 0 atom stereocenters. The smallest absolute Gasteiger partial charge is 0.311 e. The van der Waals surface area contributed by atoms with Crippen LogP contribution >= 0.6 is 0 Å². The molecule has 1 aromatic heterocycles. The fourth-order valence-electron chi connectivity index (χ4n) is 1.16. The molecular weight excluding hydrogens is 170 g/mol. The van der Waals surface area contributed by atoms with Crippen molar-refractivity contribution in [1.29, 1.82) is 0 Å². The Kier molecular flexibility index (Phi) is 3.08.